The van der Waals surface area contributed by atoms with Gasteiger partial charge in [0.2, 0.25) is 17.7 Å². The lowest BCUT2D eigenvalue weighted by Crippen LogP contribution is -2.54. The number of hydroxylamine groups is 2. The van der Waals surface area contributed by atoms with Crippen LogP contribution in [0.25, 0.3) is 0 Å². The third kappa shape index (κ3) is 18.8. The van der Waals surface area contributed by atoms with E-state index >= 15 is 0 Å². The highest BCUT2D eigenvalue weighted by molar-refractivity contribution is 7.09. The van der Waals surface area contributed by atoms with Crippen LogP contribution in [0.1, 0.15) is 131 Å². The van der Waals surface area contributed by atoms with Gasteiger partial charge in [0.15, 0.2) is 5.78 Å². The smallest absolute Gasteiger partial charge is 0.285 e. The molecule has 2 aromatic carbocycles. The Balaban J connectivity index is 1.05. The van der Waals surface area contributed by atoms with Crippen molar-refractivity contribution in [3.63, 3.8) is 0 Å². The lowest BCUT2D eigenvalue weighted by molar-refractivity contribution is -0.149. The molecule has 20 heteroatoms. The van der Waals surface area contributed by atoms with Crippen LogP contribution >= 0.6 is 11.3 Å². The van der Waals surface area contributed by atoms with Gasteiger partial charge in [0, 0.05) is 77.0 Å². The van der Waals surface area contributed by atoms with E-state index in [0.29, 0.717) is 63.2 Å². The number of Topliss-reactive ketones (excluding diaryl/α,β-unsaturated/α-hetero) is 2. The second kappa shape index (κ2) is 34.5. The summed E-state index contributed by atoms with van der Waals surface area (Å²) in [5, 5.41) is 3.60. The zero-order chi connectivity index (χ0) is 59.9. The molecule has 0 bridgehead atoms. The van der Waals surface area contributed by atoms with E-state index < -0.39 is 47.9 Å². The summed E-state index contributed by atoms with van der Waals surface area (Å²) in [5.41, 5.74) is 1.75. The maximum atomic E-state index is 14.8. The molecular formula is C62H91N5O14S. The molecular weight excluding hydrogens is 1070 g/mol. The van der Waals surface area contributed by atoms with Crippen LogP contribution in [0.2, 0.25) is 0 Å². The number of methoxy groups -OCH3 is 2. The monoisotopic (exact) mass is 1160 g/mol. The van der Waals surface area contributed by atoms with Crippen LogP contribution in [0.15, 0.2) is 66.2 Å². The van der Waals surface area contributed by atoms with Gasteiger partial charge in [-0.3, -0.25) is 38.4 Å². The fourth-order valence-electron chi connectivity index (χ4n) is 11.3. The molecule has 0 N–H and O–H groups in total. The predicted molar refractivity (Wildman–Crippen MR) is 311 cm³/mol. The Morgan fingerprint density at radius 2 is 1.29 bits per heavy atom. The van der Waals surface area contributed by atoms with E-state index in [1.165, 1.54) is 4.90 Å². The SMILES string of the molecule is CC[C@H](C)[C@@H]([C@@H](CC(=O)N1CCC[C@H]1[C@H](OC)[C@@H](C)C(=O)C[C@@H](Cc1ccccc1)c1nccs1)OC)N(C)C(=O)[C@@H](CC(=O)[C@H](C(C)C)N(C)C(=O)CCOCCOCCOCCOCCON1C(=O)c2ccccc2C1=O)C(C)C. The zero-order valence-electron chi connectivity index (χ0n) is 50.3. The highest BCUT2D eigenvalue weighted by atomic mass is 32.1. The molecule has 19 nitrogen and oxygen atoms in total. The molecule has 9 atom stereocenters. The minimum atomic E-state index is -0.774. The van der Waals surface area contributed by atoms with E-state index in [1.54, 1.807) is 75.0 Å². The number of rotatable bonds is 39. The molecule has 0 aliphatic carbocycles. The molecule has 5 amide bonds. The van der Waals surface area contributed by atoms with Crippen LogP contribution in [0, 0.1) is 29.6 Å². The number of fused-ring (bicyclic) bond motifs is 1. The van der Waals surface area contributed by atoms with Crippen molar-refractivity contribution in [3.05, 3.63) is 87.9 Å². The molecule has 0 unspecified atom stereocenters. The Bertz CT molecular complexity index is 2440. The molecule has 1 fully saturated rings. The largest absolute Gasteiger partial charge is 0.379 e. The number of ether oxygens (including phenoxy) is 6. The van der Waals surface area contributed by atoms with Gasteiger partial charge in [-0.2, -0.15) is 0 Å². The molecule has 2 aliphatic heterocycles. The van der Waals surface area contributed by atoms with Crippen molar-refractivity contribution in [2.24, 2.45) is 29.6 Å². The number of nitrogens with zero attached hydrogens (tertiary/aromatic N) is 5. The van der Waals surface area contributed by atoms with Crippen molar-refractivity contribution >= 4 is 52.4 Å². The number of aromatic nitrogens is 1. The summed E-state index contributed by atoms with van der Waals surface area (Å²) < 4.78 is 34.5. The number of thiazole rings is 1. The highest BCUT2D eigenvalue weighted by Crippen LogP contribution is 2.34. The summed E-state index contributed by atoms with van der Waals surface area (Å²) in [6.07, 6.45) is 3.67. The summed E-state index contributed by atoms with van der Waals surface area (Å²) in [4.78, 5) is 111. The van der Waals surface area contributed by atoms with Gasteiger partial charge in [0.05, 0.1) is 119 Å². The molecule has 3 aromatic rings. The number of carbonyl (C=O) groups excluding carboxylic acids is 7. The Labute approximate surface area is 489 Å². The summed E-state index contributed by atoms with van der Waals surface area (Å²) in [6, 6.07) is 15.0. The number of hydrogen-bond donors (Lipinski definition) is 0. The van der Waals surface area contributed by atoms with Crippen LogP contribution in [0.3, 0.4) is 0 Å². The first-order valence-corrected chi connectivity index (χ1v) is 30.0. The minimum Gasteiger partial charge on any atom is -0.379 e. The molecule has 82 heavy (non-hydrogen) atoms. The number of amides is 5. The average molecular weight is 1160 g/mol. The third-order valence-electron chi connectivity index (χ3n) is 16.0. The molecule has 1 aromatic heterocycles. The molecule has 0 radical (unpaired) electrons. The fourth-order valence-corrected chi connectivity index (χ4v) is 12.1. The number of carbonyl (C=O) groups is 7. The van der Waals surface area contributed by atoms with E-state index in [2.05, 4.69) is 17.1 Å². The van der Waals surface area contributed by atoms with Crippen LogP contribution in [-0.4, -0.2) is 191 Å². The van der Waals surface area contributed by atoms with Crippen molar-refractivity contribution in [1.29, 1.82) is 0 Å². The fraction of sp³-hybridized carbons (Fsp3) is 0.645. The summed E-state index contributed by atoms with van der Waals surface area (Å²) in [6.45, 7) is 16.2. The minimum absolute atomic E-state index is 0.00518. The van der Waals surface area contributed by atoms with E-state index in [9.17, 15) is 33.6 Å². The Morgan fingerprint density at radius 3 is 1.83 bits per heavy atom. The van der Waals surface area contributed by atoms with E-state index in [0.717, 1.165) is 22.1 Å². The Kier molecular flexibility index (Phi) is 28.3. The number of likely N-dealkylation sites (tertiary alicyclic amines) is 1. The number of benzene rings is 2. The van der Waals surface area contributed by atoms with Gasteiger partial charge in [-0.15, -0.1) is 16.4 Å². The van der Waals surface area contributed by atoms with Crippen molar-refractivity contribution in [1.82, 2.24) is 24.7 Å². The maximum Gasteiger partial charge on any atom is 0.285 e. The Hall–Kier alpha value is -5.32. The van der Waals surface area contributed by atoms with Crippen molar-refractivity contribution in [3.8, 4) is 0 Å². The lowest BCUT2D eigenvalue weighted by Gasteiger charge is -2.41. The van der Waals surface area contributed by atoms with Gasteiger partial charge in [0.1, 0.15) is 5.78 Å². The first-order valence-electron chi connectivity index (χ1n) is 29.1. The van der Waals surface area contributed by atoms with E-state index in [-0.39, 0.29) is 118 Å². The number of hydrogen-bond acceptors (Lipinski definition) is 16. The first-order chi connectivity index (χ1) is 39.4. The second-order valence-corrected chi connectivity index (χ2v) is 23.1. The first kappa shape index (κ1) is 67.5. The maximum absolute atomic E-state index is 14.8. The van der Waals surface area contributed by atoms with Gasteiger partial charge in [-0.05, 0) is 54.7 Å². The molecule has 0 saturated carbocycles. The van der Waals surface area contributed by atoms with Crippen LogP contribution in [-0.2, 0) is 63.7 Å². The lowest BCUT2D eigenvalue weighted by atomic mass is 9.83. The third-order valence-corrected chi connectivity index (χ3v) is 17.0. The predicted octanol–water partition coefficient (Wildman–Crippen LogP) is 7.75. The molecule has 0 spiro atoms. The van der Waals surface area contributed by atoms with Crippen molar-refractivity contribution in [2.75, 3.05) is 94.3 Å². The van der Waals surface area contributed by atoms with Crippen molar-refractivity contribution < 1.29 is 66.8 Å². The zero-order valence-corrected chi connectivity index (χ0v) is 51.1. The average Bonchev–Trinajstić information content (AvgIpc) is 4.12. The standard InChI is InChI=1S/C62H91N5O14S/c1-12-43(6)57(53(75-10)40-55(71)66-26-18-23-50(66)58(76-11)44(7)51(68)38-46(59-63-25-36-82-59)37-45-19-14-13-15-20-45)65(9)60(72)49(41(2)3)39-52(69)56(42(4)5)64(8)54(70)24-27-77-28-29-78-30-31-79-32-33-80-34-35-81-67-61(73)47-21-16-17-22-48(47)62(67)74/h13-17,19-22,25,36,41-44,46,49-50,53,56-58H,12,18,23-24,26-35,37-40H2,1-11H3/t43-,44-,46+,49-,50-,53+,56-,57-,58+/m0/s1. The normalized spacial score (nSPS) is 17.4. The molecule has 1 saturated heterocycles. The van der Waals surface area contributed by atoms with Crippen LogP contribution in [0.4, 0.5) is 0 Å². The summed E-state index contributed by atoms with van der Waals surface area (Å²) >= 11 is 1.55. The highest BCUT2D eigenvalue weighted by Gasteiger charge is 2.44. The van der Waals surface area contributed by atoms with Gasteiger partial charge >= 0.3 is 0 Å². The molecule has 3 heterocycles. The van der Waals surface area contributed by atoms with Gasteiger partial charge < -0.3 is 43.1 Å². The summed E-state index contributed by atoms with van der Waals surface area (Å²) in [7, 11) is 6.52. The van der Waals surface area contributed by atoms with E-state index in [1.807, 2.05) is 76.9 Å². The number of imide groups is 1. The number of likely N-dealkylation sites (N-methyl/N-ethyl adjacent to an activating group) is 2. The van der Waals surface area contributed by atoms with Crippen LogP contribution < -0.4 is 0 Å². The Morgan fingerprint density at radius 1 is 0.707 bits per heavy atom. The van der Waals surface area contributed by atoms with Crippen LogP contribution in [0.5, 0.6) is 0 Å². The van der Waals surface area contributed by atoms with Gasteiger partial charge in [-0.25, -0.2) is 4.98 Å². The topological polar surface area (TPSA) is 210 Å². The summed E-state index contributed by atoms with van der Waals surface area (Å²) in [5.74, 6) is -3.58. The molecule has 2 aliphatic rings. The number of ketones is 2. The quantitative estimate of drug-likeness (QED) is 0.0395. The van der Waals surface area contributed by atoms with E-state index in [4.69, 9.17) is 33.3 Å². The second-order valence-electron chi connectivity index (χ2n) is 22.2. The van der Waals surface area contributed by atoms with Crippen molar-refractivity contribution in [2.45, 2.75) is 136 Å². The molecule has 5 rings (SSSR count). The van der Waals surface area contributed by atoms with Gasteiger partial charge in [0.25, 0.3) is 11.8 Å². The molecule has 454 valence electrons. The van der Waals surface area contributed by atoms with Gasteiger partial charge in [-0.1, -0.05) is 97.4 Å².